The number of furan rings is 1. The summed E-state index contributed by atoms with van der Waals surface area (Å²) in [4.78, 5) is 4.69. The van der Waals surface area contributed by atoms with Crippen molar-refractivity contribution in [3.8, 4) is 11.1 Å². The maximum atomic E-state index is 6.50. The van der Waals surface area contributed by atoms with Gasteiger partial charge in [0.25, 0.3) is 0 Å². The molecule has 0 amide bonds. The van der Waals surface area contributed by atoms with Crippen molar-refractivity contribution in [1.82, 2.24) is 0 Å². The van der Waals surface area contributed by atoms with Gasteiger partial charge in [0, 0.05) is 39.2 Å². The first-order valence-corrected chi connectivity index (χ1v) is 20.1. The highest BCUT2D eigenvalue weighted by Crippen LogP contribution is 2.61. The molecule has 0 radical (unpaired) electrons. The van der Waals surface area contributed by atoms with Crippen LogP contribution in [0.4, 0.5) is 34.1 Å². The van der Waals surface area contributed by atoms with E-state index in [1.165, 1.54) is 61.0 Å². The Hall–Kier alpha value is -6.06. The first kappa shape index (κ1) is 32.4. The Balaban J connectivity index is 0.907. The molecule has 0 saturated heterocycles. The van der Waals surface area contributed by atoms with Gasteiger partial charge in [-0.1, -0.05) is 103 Å². The second kappa shape index (κ2) is 13.1. The maximum Gasteiger partial charge on any atom is 0.159 e. The van der Waals surface area contributed by atoms with Crippen molar-refractivity contribution in [2.75, 3.05) is 9.80 Å². The van der Waals surface area contributed by atoms with Crippen LogP contribution in [0.5, 0.6) is 0 Å². The molecule has 4 saturated carbocycles. The van der Waals surface area contributed by atoms with E-state index >= 15 is 0 Å². The van der Waals surface area contributed by atoms with Crippen LogP contribution < -0.4 is 9.80 Å². The quantitative estimate of drug-likeness (QED) is 0.156. The van der Waals surface area contributed by atoms with E-state index in [1.54, 1.807) is 5.56 Å². The summed E-state index contributed by atoms with van der Waals surface area (Å²) < 4.78 is 6.50. The summed E-state index contributed by atoms with van der Waals surface area (Å²) in [5.74, 6) is 2.84. The fourth-order valence-electron chi connectivity index (χ4n) is 11.0. The molecule has 12 rings (SSSR count). The minimum Gasteiger partial charge on any atom is -0.454 e. The third kappa shape index (κ3) is 5.64. The SMILES string of the molecule is c1ccc(N(c2ccc(-c3ccc(N(c4ccccc4)c4cccc5c4oc4ccccc45)cc3)cc2)c2ccc(C34CC5CC(CC(C5)C3)C4)cc2)cc1. The molecule has 0 N–H and O–H groups in total. The summed E-state index contributed by atoms with van der Waals surface area (Å²) in [5, 5.41) is 2.25. The normalized spacial score (nSPS) is 21.3. The molecule has 7 aromatic carbocycles. The predicted octanol–water partition coefficient (Wildman–Crippen LogP) is 14.7. The third-order valence-electron chi connectivity index (χ3n) is 13.0. The Morgan fingerprint density at radius 2 is 0.855 bits per heavy atom. The first-order valence-electron chi connectivity index (χ1n) is 20.1. The van der Waals surface area contributed by atoms with E-state index in [-0.39, 0.29) is 0 Å². The Bertz CT molecular complexity index is 2570. The van der Waals surface area contributed by atoms with Gasteiger partial charge in [0.15, 0.2) is 5.58 Å². The van der Waals surface area contributed by atoms with Crippen LogP contribution in [-0.4, -0.2) is 0 Å². The number of fused-ring (bicyclic) bond motifs is 3. The second-order valence-corrected chi connectivity index (χ2v) is 16.4. The molecule has 0 atom stereocenters. The lowest BCUT2D eigenvalue weighted by molar-refractivity contribution is -0.00518. The Morgan fingerprint density at radius 1 is 0.400 bits per heavy atom. The lowest BCUT2D eigenvalue weighted by atomic mass is 9.48. The topological polar surface area (TPSA) is 19.6 Å². The summed E-state index contributed by atoms with van der Waals surface area (Å²) in [6.45, 7) is 0. The van der Waals surface area contributed by atoms with Crippen LogP contribution in [0.25, 0.3) is 33.1 Å². The average molecular weight is 713 g/mol. The van der Waals surface area contributed by atoms with Gasteiger partial charge in [-0.2, -0.15) is 0 Å². The van der Waals surface area contributed by atoms with Gasteiger partial charge in [-0.25, -0.2) is 0 Å². The number of hydrogen-bond donors (Lipinski definition) is 0. The van der Waals surface area contributed by atoms with Crippen molar-refractivity contribution >= 4 is 56.1 Å². The maximum absolute atomic E-state index is 6.50. The van der Waals surface area contributed by atoms with Crippen LogP contribution in [0.3, 0.4) is 0 Å². The number of para-hydroxylation sites is 4. The zero-order valence-electron chi connectivity index (χ0n) is 31.0. The second-order valence-electron chi connectivity index (χ2n) is 16.4. The monoisotopic (exact) mass is 712 g/mol. The zero-order valence-corrected chi connectivity index (χ0v) is 31.0. The molecule has 0 aliphatic heterocycles. The molecule has 4 aliphatic carbocycles. The first-order chi connectivity index (χ1) is 27.2. The van der Waals surface area contributed by atoms with Gasteiger partial charge in [-0.15, -0.1) is 0 Å². The molecular weight excluding hydrogens is 669 g/mol. The summed E-state index contributed by atoms with van der Waals surface area (Å²) in [6, 6.07) is 63.7. The Morgan fingerprint density at radius 3 is 1.44 bits per heavy atom. The molecule has 4 aliphatic rings. The van der Waals surface area contributed by atoms with Crippen molar-refractivity contribution in [3.63, 3.8) is 0 Å². The molecule has 3 heteroatoms. The number of anilines is 6. The molecular formula is C52H44N2O. The van der Waals surface area contributed by atoms with Crippen molar-refractivity contribution in [2.24, 2.45) is 17.8 Å². The van der Waals surface area contributed by atoms with E-state index in [2.05, 4.69) is 174 Å². The summed E-state index contributed by atoms with van der Waals surface area (Å²) in [5.41, 5.74) is 12.8. The molecule has 1 aromatic heterocycles. The van der Waals surface area contributed by atoms with Crippen molar-refractivity contribution in [2.45, 2.75) is 43.9 Å². The molecule has 55 heavy (non-hydrogen) atoms. The highest BCUT2D eigenvalue weighted by Gasteiger charge is 2.51. The third-order valence-corrected chi connectivity index (χ3v) is 13.0. The lowest BCUT2D eigenvalue weighted by Crippen LogP contribution is -2.48. The van der Waals surface area contributed by atoms with Crippen molar-refractivity contribution in [3.05, 3.63) is 181 Å². The van der Waals surface area contributed by atoms with E-state index in [4.69, 9.17) is 4.42 Å². The van der Waals surface area contributed by atoms with Crippen molar-refractivity contribution < 1.29 is 4.42 Å². The van der Waals surface area contributed by atoms with E-state index in [0.29, 0.717) is 5.41 Å². The number of nitrogens with zero attached hydrogens (tertiary/aromatic N) is 2. The van der Waals surface area contributed by atoms with Crippen LogP contribution in [-0.2, 0) is 5.41 Å². The molecule has 0 unspecified atom stereocenters. The van der Waals surface area contributed by atoms with E-state index in [9.17, 15) is 0 Å². The number of hydrogen-bond acceptors (Lipinski definition) is 3. The van der Waals surface area contributed by atoms with Crippen LogP contribution in [0, 0.1) is 17.8 Å². The highest BCUT2D eigenvalue weighted by atomic mass is 16.3. The van der Waals surface area contributed by atoms with Crippen molar-refractivity contribution in [1.29, 1.82) is 0 Å². The van der Waals surface area contributed by atoms with Gasteiger partial charge in [0.2, 0.25) is 0 Å². The molecule has 8 aromatic rings. The van der Waals surface area contributed by atoms with Gasteiger partial charge < -0.3 is 14.2 Å². The Labute approximate surface area is 323 Å². The number of rotatable bonds is 8. The number of benzene rings is 7. The zero-order chi connectivity index (χ0) is 36.3. The molecule has 3 nitrogen and oxygen atoms in total. The lowest BCUT2D eigenvalue weighted by Gasteiger charge is -2.57. The van der Waals surface area contributed by atoms with Gasteiger partial charge in [-0.05, 0) is 151 Å². The van der Waals surface area contributed by atoms with E-state index < -0.39 is 0 Å². The minimum absolute atomic E-state index is 0.404. The molecule has 268 valence electrons. The Kier molecular flexibility index (Phi) is 7.69. The molecule has 4 fully saturated rings. The standard InChI is InChI=1S/C52H44N2O/c1-3-10-42(11-4-1)53(45-28-22-41(23-29-45)52-33-36-30-37(34-52)32-38(31-36)35-52)44-24-18-39(19-25-44)40-20-26-46(27-21-40)54(43-12-5-2-6-13-43)49-16-9-15-48-47-14-7-8-17-50(47)55-51(48)49/h1-29,36-38H,30-35H2. The smallest absolute Gasteiger partial charge is 0.159 e. The van der Waals surface area contributed by atoms with Crippen LogP contribution in [0.1, 0.15) is 44.1 Å². The van der Waals surface area contributed by atoms with Crippen LogP contribution in [0.15, 0.2) is 180 Å². The fraction of sp³-hybridized carbons (Fsp3) is 0.192. The molecule has 1 heterocycles. The van der Waals surface area contributed by atoms with Gasteiger partial charge >= 0.3 is 0 Å². The summed E-state index contributed by atoms with van der Waals surface area (Å²) >= 11 is 0. The van der Waals surface area contributed by atoms with Crippen LogP contribution >= 0.6 is 0 Å². The summed E-state index contributed by atoms with van der Waals surface area (Å²) in [6.07, 6.45) is 8.62. The van der Waals surface area contributed by atoms with E-state index in [1.807, 2.05) is 12.1 Å². The predicted molar refractivity (Wildman–Crippen MR) is 228 cm³/mol. The van der Waals surface area contributed by atoms with Crippen LogP contribution in [0.2, 0.25) is 0 Å². The summed E-state index contributed by atoms with van der Waals surface area (Å²) in [7, 11) is 0. The fourth-order valence-corrected chi connectivity index (χ4v) is 11.0. The van der Waals surface area contributed by atoms with E-state index in [0.717, 1.165) is 62.4 Å². The van der Waals surface area contributed by atoms with Gasteiger partial charge in [0.1, 0.15) is 5.58 Å². The molecule has 4 bridgehead atoms. The van der Waals surface area contributed by atoms with Gasteiger partial charge in [0.05, 0.1) is 5.69 Å². The van der Waals surface area contributed by atoms with Gasteiger partial charge in [-0.3, -0.25) is 0 Å². The minimum atomic E-state index is 0.404. The largest absolute Gasteiger partial charge is 0.454 e. The molecule has 0 spiro atoms. The average Bonchev–Trinajstić information content (AvgIpc) is 3.62. The highest BCUT2D eigenvalue weighted by molar-refractivity contribution is 6.10.